The molecule has 0 aliphatic carbocycles. The summed E-state index contributed by atoms with van der Waals surface area (Å²) in [6.07, 6.45) is 1.60. The number of carbonyl (C=O) groups is 1. The summed E-state index contributed by atoms with van der Waals surface area (Å²) in [4.78, 5) is 13.8. The SMILES string of the molecule is CN(CC(=O)Nc1c(Cl)cccc1Cl)Cc1ccco1. The number of hydrogen-bond acceptors (Lipinski definition) is 3. The zero-order valence-corrected chi connectivity index (χ0v) is 12.4. The molecule has 1 aromatic carbocycles. The monoisotopic (exact) mass is 312 g/mol. The minimum Gasteiger partial charge on any atom is -0.468 e. The van der Waals surface area contributed by atoms with Crippen LogP contribution in [0.1, 0.15) is 5.76 Å². The third-order valence-corrected chi connectivity index (χ3v) is 3.28. The van der Waals surface area contributed by atoms with Crippen LogP contribution in [0.5, 0.6) is 0 Å². The second kappa shape index (κ2) is 6.79. The molecule has 1 N–H and O–H groups in total. The lowest BCUT2D eigenvalue weighted by Gasteiger charge is -2.15. The number of hydrogen-bond donors (Lipinski definition) is 1. The third kappa shape index (κ3) is 4.00. The molecule has 0 atom stereocenters. The molecule has 1 aromatic heterocycles. The molecule has 0 aliphatic heterocycles. The minimum atomic E-state index is -0.186. The Bertz CT molecular complexity index is 565. The molecule has 6 heteroatoms. The summed E-state index contributed by atoms with van der Waals surface area (Å²) in [6, 6.07) is 8.75. The lowest BCUT2D eigenvalue weighted by atomic mass is 10.3. The summed E-state index contributed by atoms with van der Waals surface area (Å²) in [7, 11) is 1.83. The van der Waals surface area contributed by atoms with E-state index in [-0.39, 0.29) is 12.5 Å². The summed E-state index contributed by atoms with van der Waals surface area (Å²) in [5, 5.41) is 3.55. The van der Waals surface area contributed by atoms with Crippen LogP contribution in [0.2, 0.25) is 10.0 Å². The number of likely N-dealkylation sites (N-methyl/N-ethyl adjacent to an activating group) is 1. The van der Waals surface area contributed by atoms with Crippen LogP contribution in [0.25, 0.3) is 0 Å². The van der Waals surface area contributed by atoms with E-state index in [2.05, 4.69) is 5.32 Å². The van der Waals surface area contributed by atoms with Crippen LogP contribution in [-0.4, -0.2) is 24.4 Å². The van der Waals surface area contributed by atoms with Crippen molar-refractivity contribution in [3.63, 3.8) is 0 Å². The number of carbonyl (C=O) groups excluding carboxylic acids is 1. The average molecular weight is 313 g/mol. The van der Waals surface area contributed by atoms with E-state index in [9.17, 15) is 4.79 Å². The summed E-state index contributed by atoms with van der Waals surface area (Å²) in [5.41, 5.74) is 0.437. The first kappa shape index (κ1) is 14.9. The molecule has 20 heavy (non-hydrogen) atoms. The highest BCUT2D eigenvalue weighted by molar-refractivity contribution is 6.39. The van der Waals surface area contributed by atoms with Crippen molar-refractivity contribution in [2.24, 2.45) is 0 Å². The number of anilines is 1. The summed E-state index contributed by atoms with van der Waals surface area (Å²) in [5.74, 6) is 0.616. The highest BCUT2D eigenvalue weighted by atomic mass is 35.5. The first-order chi connectivity index (χ1) is 9.56. The Balaban J connectivity index is 1.92. The van der Waals surface area contributed by atoms with Gasteiger partial charge in [0.1, 0.15) is 5.76 Å². The van der Waals surface area contributed by atoms with E-state index in [1.165, 1.54) is 0 Å². The van der Waals surface area contributed by atoms with Crippen LogP contribution < -0.4 is 5.32 Å². The van der Waals surface area contributed by atoms with E-state index in [1.54, 1.807) is 24.5 Å². The summed E-state index contributed by atoms with van der Waals surface area (Å²) < 4.78 is 5.23. The van der Waals surface area contributed by atoms with E-state index in [0.29, 0.717) is 22.3 Å². The van der Waals surface area contributed by atoms with Crippen LogP contribution in [0.3, 0.4) is 0 Å². The van der Waals surface area contributed by atoms with Gasteiger partial charge < -0.3 is 9.73 Å². The van der Waals surface area contributed by atoms with Gasteiger partial charge in [0.05, 0.1) is 35.1 Å². The lowest BCUT2D eigenvalue weighted by molar-refractivity contribution is -0.117. The number of amides is 1. The zero-order valence-electron chi connectivity index (χ0n) is 10.9. The van der Waals surface area contributed by atoms with Gasteiger partial charge in [0.15, 0.2) is 0 Å². The smallest absolute Gasteiger partial charge is 0.238 e. The summed E-state index contributed by atoms with van der Waals surface area (Å²) >= 11 is 12.0. The van der Waals surface area contributed by atoms with Gasteiger partial charge in [-0.3, -0.25) is 9.69 Å². The molecule has 0 bridgehead atoms. The third-order valence-electron chi connectivity index (χ3n) is 2.65. The second-order valence-electron chi connectivity index (χ2n) is 4.40. The van der Waals surface area contributed by atoms with E-state index in [4.69, 9.17) is 27.6 Å². The number of para-hydroxylation sites is 1. The molecular formula is C14H14Cl2N2O2. The number of nitrogens with zero attached hydrogens (tertiary/aromatic N) is 1. The van der Waals surface area contributed by atoms with Gasteiger partial charge in [-0.15, -0.1) is 0 Å². The number of nitrogens with one attached hydrogen (secondary N) is 1. The van der Waals surface area contributed by atoms with Crippen LogP contribution >= 0.6 is 23.2 Å². The predicted molar refractivity (Wildman–Crippen MR) is 80.1 cm³/mol. The number of furan rings is 1. The van der Waals surface area contributed by atoms with Gasteiger partial charge >= 0.3 is 0 Å². The molecule has 4 nitrogen and oxygen atoms in total. The maximum atomic E-state index is 12.0. The quantitative estimate of drug-likeness (QED) is 0.916. The fourth-order valence-electron chi connectivity index (χ4n) is 1.77. The first-order valence-corrected chi connectivity index (χ1v) is 6.76. The number of rotatable bonds is 5. The maximum Gasteiger partial charge on any atom is 0.238 e. The Kier molecular flexibility index (Phi) is 5.06. The topological polar surface area (TPSA) is 45.5 Å². The Labute approximate surface area is 127 Å². The van der Waals surface area contributed by atoms with Crippen LogP contribution in [0, 0.1) is 0 Å². The van der Waals surface area contributed by atoms with Crippen molar-refractivity contribution >= 4 is 34.8 Å². The molecule has 2 aromatic rings. The van der Waals surface area contributed by atoms with Gasteiger partial charge in [0, 0.05) is 0 Å². The number of halogens is 2. The molecule has 1 heterocycles. The van der Waals surface area contributed by atoms with Gasteiger partial charge in [-0.2, -0.15) is 0 Å². The molecular weight excluding hydrogens is 299 g/mol. The standard InChI is InChI=1S/C14H14Cl2N2O2/c1-18(8-10-4-3-7-20-10)9-13(19)17-14-11(15)5-2-6-12(14)16/h2-7H,8-9H2,1H3,(H,17,19). The Morgan fingerprint density at radius 1 is 1.25 bits per heavy atom. The second-order valence-corrected chi connectivity index (χ2v) is 5.21. The lowest BCUT2D eigenvalue weighted by Crippen LogP contribution is -2.29. The molecule has 0 aliphatic rings. The largest absolute Gasteiger partial charge is 0.468 e. The zero-order chi connectivity index (χ0) is 14.5. The molecule has 0 radical (unpaired) electrons. The molecule has 0 saturated heterocycles. The Hall–Kier alpha value is -1.49. The van der Waals surface area contributed by atoms with E-state index >= 15 is 0 Å². The van der Waals surface area contributed by atoms with Crippen molar-refractivity contribution in [2.45, 2.75) is 6.54 Å². The maximum absolute atomic E-state index is 12.0. The van der Waals surface area contributed by atoms with Gasteiger partial charge in [-0.05, 0) is 31.3 Å². The van der Waals surface area contributed by atoms with E-state index < -0.39 is 0 Å². The predicted octanol–water partition coefficient (Wildman–Crippen LogP) is 3.66. The fraction of sp³-hybridized carbons (Fsp3) is 0.214. The van der Waals surface area contributed by atoms with Crippen LogP contribution in [-0.2, 0) is 11.3 Å². The number of benzene rings is 1. The fourth-order valence-corrected chi connectivity index (χ4v) is 2.26. The molecule has 0 unspecified atom stereocenters. The van der Waals surface area contributed by atoms with E-state index in [1.807, 2.05) is 24.1 Å². The van der Waals surface area contributed by atoms with Crippen molar-refractivity contribution < 1.29 is 9.21 Å². The van der Waals surface area contributed by atoms with Gasteiger partial charge in [0.25, 0.3) is 0 Å². The molecule has 0 fully saturated rings. The van der Waals surface area contributed by atoms with Crippen molar-refractivity contribution in [1.82, 2.24) is 4.90 Å². The highest BCUT2D eigenvalue weighted by Gasteiger charge is 2.12. The minimum absolute atomic E-state index is 0.186. The van der Waals surface area contributed by atoms with E-state index in [0.717, 1.165) is 5.76 Å². The normalized spacial score (nSPS) is 10.8. The van der Waals surface area contributed by atoms with Crippen molar-refractivity contribution in [3.05, 3.63) is 52.4 Å². The molecule has 2 rings (SSSR count). The Morgan fingerprint density at radius 3 is 2.55 bits per heavy atom. The molecule has 1 amide bonds. The van der Waals surface area contributed by atoms with Gasteiger partial charge in [0.2, 0.25) is 5.91 Å². The summed E-state index contributed by atoms with van der Waals surface area (Å²) in [6.45, 7) is 0.763. The Morgan fingerprint density at radius 2 is 1.95 bits per heavy atom. The van der Waals surface area contributed by atoms with Crippen LogP contribution in [0.15, 0.2) is 41.0 Å². The van der Waals surface area contributed by atoms with Crippen LogP contribution in [0.4, 0.5) is 5.69 Å². The molecule has 106 valence electrons. The van der Waals surface area contributed by atoms with Crippen molar-refractivity contribution in [2.75, 3.05) is 18.9 Å². The van der Waals surface area contributed by atoms with Crippen molar-refractivity contribution in [1.29, 1.82) is 0 Å². The van der Waals surface area contributed by atoms with Gasteiger partial charge in [-0.25, -0.2) is 0 Å². The molecule has 0 saturated carbocycles. The van der Waals surface area contributed by atoms with Crippen molar-refractivity contribution in [3.8, 4) is 0 Å². The first-order valence-electron chi connectivity index (χ1n) is 6.01. The molecule has 0 spiro atoms. The van der Waals surface area contributed by atoms with Gasteiger partial charge in [-0.1, -0.05) is 29.3 Å². The highest BCUT2D eigenvalue weighted by Crippen LogP contribution is 2.29. The average Bonchev–Trinajstić information content (AvgIpc) is 2.86.